The van der Waals surface area contributed by atoms with Crippen LogP contribution in [-0.2, 0) is 0 Å². The number of halogens is 3. The van der Waals surface area contributed by atoms with Crippen molar-refractivity contribution < 1.29 is 37.1 Å². The average Bonchev–Trinajstić information content (AvgIpc) is 3.30. The molecule has 1 aromatic heterocycles. The lowest BCUT2D eigenvalue weighted by Gasteiger charge is -2.32. The Morgan fingerprint density at radius 1 is 1.11 bits per heavy atom. The number of carbonyl (C=O) groups excluding carboxylic acids is 1. The van der Waals surface area contributed by atoms with Gasteiger partial charge in [-0.1, -0.05) is 12.2 Å². The maximum absolute atomic E-state index is 12.6. The molecule has 2 heterocycles. The minimum absolute atomic E-state index is 0.141. The van der Waals surface area contributed by atoms with E-state index in [9.17, 15) is 18.0 Å². The number of hydroxylamine groups is 1. The molecule has 0 spiro atoms. The van der Waals surface area contributed by atoms with Gasteiger partial charge in [0.2, 0.25) is 0 Å². The van der Waals surface area contributed by atoms with Crippen LogP contribution in [0.15, 0.2) is 52.9 Å². The minimum Gasteiger partial charge on any atom is -0.492 e. The van der Waals surface area contributed by atoms with Gasteiger partial charge in [0.15, 0.2) is 5.76 Å². The Labute approximate surface area is 216 Å². The summed E-state index contributed by atoms with van der Waals surface area (Å²) in [4.78, 5) is 14.1. The van der Waals surface area contributed by atoms with Crippen LogP contribution in [0, 0.1) is 0 Å². The van der Waals surface area contributed by atoms with E-state index in [-0.39, 0.29) is 30.0 Å². The Kier molecular flexibility index (Phi) is 8.52. The van der Waals surface area contributed by atoms with Crippen molar-refractivity contribution in [2.45, 2.75) is 25.1 Å². The average molecular weight is 538 g/mol. The number of carbonyl (C=O) groups is 1. The van der Waals surface area contributed by atoms with Crippen molar-refractivity contribution in [3.8, 4) is 11.5 Å². The Morgan fingerprint density at radius 2 is 1.81 bits per heavy atom. The molecule has 12 heteroatoms. The number of alkyl halides is 3. The zero-order valence-electron chi connectivity index (χ0n) is 19.7. The molecule has 0 aliphatic carbocycles. The third-order valence-electron chi connectivity index (χ3n) is 5.83. The minimum atomic E-state index is -4.20. The molecule has 3 N–H and O–H groups in total. The summed E-state index contributed by atoms with van der Waals surface area (Å²) in [5.41, 5.74) is 3.07. The molecule has 1 amide bonds. The van der Waals surface area contributed by atoms with Crippen LogP contribution in [0.2, 0.25) is 0 Å². The van der Waals surface area contributed by atoms with Crippen LogP contribution in [0.25, 0.3) is 11.0 Å². The Morgan fingerprint density at radius 3 is 2.49 bits per heavy atom. The number of thiocarbonyl (C=S) groups is 1. The van der Waals surface area contributed by atoms with Crippen LogP contribution in [0.1, 0.15) is 29.0 Å². The summed E-state index contributed by atoms with van der Waals surface area (Å²) in [5, 5.41) is 12.2. The summed E-state index contributed by atoms with van der Waals surface area (Å²) in [5.74, 6) is 0.904. The summed E-state index contributed by atoms with van der Waals surface area (Å²) in [7, 11) is 0. The maximum Gasteiger partial charge on any atom is 0.401 e. The van der Waals surface area contributed by atoms with Crippen molar-refractivity contribution in [2.75, 3.05) is 32.8 Å². The first-order valence-electron chi connectivity index (χ1n) is 11.6. The van der Waals surface area contributed by atoms with Crippen LogP contribution < -0.4 is 20.3 Å². The third-order valence-corrected chi connectivity index (χ3v) is 6.15. The Balaban J connectivity index is 1.24. The van der Waals surface area contributed by atoms with E-state index in [4.69, 9.17) is 31.3 Å². The molecule has 2 aromatic carbocycles. The standard InChI is InChI=1S/C25H26F3N3O5S/c26-25(27,28)15-31-10-7-19(8-11-31)35-20-5-6-21-17(13-20)14-22(36-21)23(32)29-9-12-34-18-3-1-16(2-4-18)24(37)30-33/h1-6,13-14,19,33H,7-12,15H2,(H,29,32)(H,30,37). The molecule has 1 fully saturated rings. The van der Waals surface area contributed by atoms with Crippen molar-refractivity contribution in [1.82, 2.24) is 15.7 Å². The number of rotatable bonds is 9. The summed E-state index contributed by atoms with van der Waals surface area (Å²) in [6.45, 7) is 0.228. The van der Waals surface area contributed by atoms with Gasteiger partial charge in [0.25, 0.3) is 5.91 Å². The predicted molar refractivity (Wildman–Crippen MR) is 133 cm³/mol. The molecule has 0 unspecified atom stereocenters. The smallest absolute Gasteiger partial charge is 0.401 e. The summed E-state index contributed by atoms with van der Waals surface area (Å²) < 4.78 is 54.9. The predicted octanol–water partition coefficient (Wildman–Crippen LogP) is 4.30. The van der Waals surface area contributed by atoms with Crippen LogP contribution in [0.5, 0.6) is 11.5 Å². The molecule has 1 aliphatic rings. The van der Waals surface area contributed by atoms with Crippen LogP contribution in [0.3, 0.4) is 0 Å². The molecule has 4 rings (SSSR count). The van der Waals surface area contributed by atoms with E-state index in [1.807, 2.05) is 5.48 Å². The van der Waals surface area contributed by atoms with Gasteiger partial charge in [-0.15, -0.1) is 0 Å². The van der Waals surface area contributed by atoms with Gasteiger partial charge in [-0.3, -0.25) is 20.4 Å². The second kappa shape index (κ2) is 11.8. The highest BCUT2D eigenvalue weighted by Crippen LogP contribution is 2.27. The fraction of sp³-hybridized carbons (Fsp3) is 0.360. The molecule has 0 saturated carbocycles. The topological polar surface area (TPSA) is 96.2 Å². The van der Waals surface area contributed by atoms with Crippen molar-refractivity contribution in [3.05, 3.63) is 59.9 Å². The highest BCUT2D eigenvalue weighted by molar-refractivity contribution is 7.80. The molecule has 0 radical (unpaired) electrons. The summed E-state index contributed by atoms with van der Waals surface area (Å²) in [6, 6.07) is 13.6. The van der Waals surface area contributed by atoms with E-state index < -0.39 is 18.6 Å². The number of piperidine rings is 1. The second-order valence-electron chi connectivity index (χ2n) is 8.59. The van der Waals surface area contributed by atoms with Crippen molar-refractivity contribution in [3.63, 3.8) is 0 Å². The molecule has 1 saturated heterocycles. The molecule has 8 nitrogen and oxygen atoms in total. The molecule has 0 atom stereocenters. The van der Waals surface area contributed by atoms with E-state index in [0.29, 0.717) is 54.0 Å². The lowest BCUT2D eigenvalue weighted by atomic mass is 10.1. The number of ether oxygens (including phenoxy) is 2. The number of nitrogens with one attached hydrogen (secondary N) is 2. The van der Waals surface area contributed by atoms with Crippen molar-refractivity contribution in [2.24, 2.45) is 0 Å². The molecule has 37 heavy (non-hydrogen) atoms. The molecule has 0 bridgehead atoms. The van der Waals surface area contributed by atoms with E-state index >= 15 is 0 Å². The van der Waals surface area contributed by atoms with Gasteiger partial charge < -0.3 is 19.2 Å². The Bertz CT molecular complexity index is 1220. The molecule has 1 aliphatic heterocycles. The fourth-order valence-electron chi connectivity index (χ4n) is 4.03. The zero-order chi connectivity index (χ0) is 26.4. The van der Waals surface area contributed by atoms with E-state index in [1.54, 1.807) is 48.5 Å². The van der Waals surface area contributed by atoms with Crippen LogP contribution in [0.4, 0.5) is 13.2 Å². The molecular formula is C25H26F3N3O5S. The van der Waals surface area contributed by atoms with Gasteiger partial charge in [-0.25, -0.2) is 0 Å². The number of fused-ring (bicyclic) bond motifs is 1. The van der Waals surface area contributed by atoms with Gasteiger partial charge in [0, 0.05) is 24.0 Å². The summed E-state index contributed by atoms with van der Waals surface area (Å²) >= 11 is 4.93. The number of hydrogen-bond acceptors (Lipinski definition) is 7. The first-order chi connectivity index (χ1) is 17.7. The molecule has 198 valence electrons. The first kappa shape index (κ1) is 26.7. The first-order valence-corrected chi connectivity index (χ1v) is 12.1. The second-order valence-corrected chi connectivity index (χ2v) is 9.00. The normalized spacial score (nSPS) is 14.9. The van der Waals surface area contributed by atoms with Gasteiger partial charge >= 0.3 is 6.18 Å². The zero-order valence-corrected chi connectivity index (χ0v) is 20.5. The third kappa shape index (κ3) is 7.57. The van der Waals surface area contributed by atoms with E-state index in [0.717, 1.165) is 0 Å². The fourth-order valence-corrected chi connectivity index (χ4v) is 4.16. The number of benzene rings is 2. The van der Waals surface area contributed by atoms with Crippen molar-refractivity contribution in [1.29, 1.82) is 0 Å². The maximum atomic E-state index is 12.6. The number of amides is 1. The van der Waals surface area contributed by atoms with Crippen LogP contribution >= 0.6 is 12.2 Å². The number of furan rings is 1. The van der Waals surface area contributed by atoms with E-state index in [1.165, 1.54) is 4.90 Å². The molecule has 3 aromatic rings. The largest absolute Gasteiger partial charge is 0.492 e. The number of nitrogens with zero attached hydrogens (tertiary/aromatic N) is 1. The quantitative estimate of drug-likeness (QED) is 0.211. The Hall–Kier alpha value is -3.35. The number of likely N-dealkylation sites (tertiary alicyclic amines) is 1. The molecular weight excluding hydrogens is 511 g/mol. The van der Waals surface area contributed by atoms with Crippen LogP contribution in [-0.4, -0.2) is 66.1 Å². The summed E-state index contributed by atoms with van der Waals surface area (Å²) in [6.07, 6.45) is -3.35. The van der Waals surface area contributed by atoms with Crippen molar-refractivity contribution >= 4 is 34.1 Å². The monoisotopic (exact) mass is 537 g/mol. The van der Waals surface area contributed by atoms with Gasteiger partial charge in [-0.2, -0.15) is 13.2 Å². The van der Waals surface area contributed by atoms with Gasteiger partial charge in [0.05, 0.1) is 13.1 Å². The van der Waals surface area contributed by atoms with Gasteiger partial charge in [-0.05, 0) is 61.4 Å². The van der Waals surface area contributed by atoms with Gasteiger partial charge in [0.1, 0.15) is 34.8 Å². The lowest BCUT2D eigenvalue weighted by molar-refractivity contribution is -0.149. The highest BCUT2D eigenvalue weighted by Gasteiger charge is 2.32. The van der Waals surface area contributed by atoms with E-state index in [2.05, 4.69) is 5.32 Å². The lowest BCUT2D eigenvalue weighted by Crippen LogP contribution is -2.42. The highest BCUT2D eigenvalue weighted by atomic mass is 32.1. The SMILES string of the molecule is O=C(NCCOc1ccc(C(=S)NO)cc1)c1cc2cc(OC3CCN(CC(F)(F)F)CC3)ccc2o1. The number of hydrogen-bond donors (Lipinski definition) is 3.